The molecule has 1 aromatic rings. The van der Waals surface area contributed by atoms with Crippen molar-refractivity contribution in [3.63, 3.8) is 0 Å². The van der Waals surface area contributed by atoms with Crippen molar-refractivity contribution < 1.29 is 4.79 Å². The molecule has 5 fully saturated rings. The Morgan fingerprint density at radius 1 is 1.00 bits per heavy atom. The zero-order chi connectivity index (χ0) is 21.7. The summed E-state index contributed by atoms with van der Waals surface area (Å²) in [5.74, 6) is 3.08. The molecule has 4 nitrogen and oxygen atoms in total. The van der Waals surface area contributed by atoms with E-state index < -0.39 is 0 Å². The Kier molecular flexibility index (Phi) is 5.62. The van der Waals surface area contributed by atoms with E-state index in [2.05, 4.69) is 16.9 Å². The minimum Gasteiger partial charge on any atom is -0.353 e. The Morgan fingerprint density at radius 3 is 2.34 bits per heavy atom. The lowest BCUT2D eigenvalue weighted by Crippen LogP contribution is -2.55. The minimum absolute atomic E-state index is 0.255. The summed E-state index contributed by atoms with van der Waals surface area (Å²) in [6.07, 6.45) is 21.5. The molecule has 6 aliphatic rings. The average molecular weight is 438 g/mol. The van der Waals surface area contributed by atoms with E-state index in [0.29, 0.717) is 23.9 Å². The third kappa shape index (κ3) is 3.84. The molecule has 0 aromatic carbocycles. The number of fused-ring (bicyclic) bond motifs is 1. The van der Waals surface area contributed by atoms with Crippen molar-refractivity contribution in [2.75, 3.05) is 0 Å². The molecule has 0 saturated heterocycles. The second-order valence-electron chi connectivity index (χ2n) is 12.4. The van der Waals surface area contributed by atoms with Crippen LogP contribution in [0.4, 0.5) is 0 Å². The van der Waals surface area contributed by atoms with E-state index in [0.717, 1.165) is 24.2 Å². The van der Waals surface area contributed by atoms with Gasteiger partial charge in [-0.15, -0.1) is 0 Å². The monoisotopic (exact) mass is 437 g/mol. The lowest BCUT2D eigenvalue weighted by atomic mass is 9.48. The lowest BCUT2D eigenvalue weighted by Gasteiger charge is -2.59. The SMILES string of the molecule is CC(NC(=O)CCc1nn(C2CCCCC2)c2c1CCCC2)C12CC3CC(CC(C3)C1)C2. The molecule has 5 saturated carbocycles. The Bertz CT molecular complexity index is 814. The first-order valence-corrected chi connectivity index (χ1v) is 14.0. The highest BCUT2D eigenvalue weighted by Crippen LogP contribution is 2.61. The molecule has 1 amide bonds. The van der Waals surface area contributed by atoms with Gasteiger partial charge in [0.1, 0.15) is 0 Å². The molecule has 176 valence electrons. The normalized spacial score (nSPS) is 35.0. The van der Waals surface area contributed by atoms with Gasteiger partial charge in [-0.05, 0) is 113 Å². The molecule has 32 heavy (non-hydrogen) atoms. The molecule has 4 bridgehead atoms. The molecule has 1 unspecified atom stereocenters. The first kappa shape index (κ1) is 21.2. The van der Waals surface area contributed by atoms with Gasteiger partial charge in [0.05, 0.1) is 11.7 Å². The van der Waals surface area contributed by atoms with Gasteiger partial charge in [0.25, 0.3) is 0 Å². The van der Waals surface area contributed by atoms with Crippen LogP contribution in [-0.4, -0.2) is 21.7 Å². The van der Waals surface area contributed by atoms with E-state index in [1.807, 2.05) is 0 Å². The number of amides is 1. The van der Waals surface area contributed by atoms with E-state index in [-0.39, 0.29) is 5.91 Å². The van der Waals surface area contributed by atoms with E-state index in [4.69, 9.17) is 5.10 Å². The maximum absolute atomic E-state index is 13.1. The highest BCUT2D eigenvalue weighted by atomic mass is 16.1. The number of nitrogens with one attached hydrogen (secondary N) is 1. The molecule has 6 aliphatic carbocycles. The van der Waals surface area contributed by atoms with Crippen molar-refractivity contribution in [3.05, 3.63) is 17.0 Å². The van der Waals surface area contributed by atoms with Gasteiger partial charge in [0, 0.05) is 24.6 Å². The van der Waals surface area contributed by atoms with Crippen LogP contribution in [0.5, 0.6) is 0 Å². The number of carbonyl (C=O) groups excluding carboxylic acids is 1. The minimum atomic E-state index is 0.255. The first-order chi connectivity index (χ1) is 15.6. The predicted molar refractivity (Wildman–Crippen MR) is 128 cm³/mol. The number of hydrogen-bond donors (Lipinski definition) is 1. The molecule has 0 aliphatic heterocycles. The van der Waals surface area contributed by atoms with Crippen LogP contribution in [0, 0.1) is 23.2 Å². The molecule has 1 aromatic heterocycles. The van der Waals surface area contributed by atoms with Crippen molar-refractivity contribution in [2.45, 2.75) is 128 Å². The summed E-state index contributed by atoms with van der Waals surface area (Å²) in [5.41, 5.74) is 4.65. The number of carbonyl (C=O) groups is 1. The van der Waals surface area contributed by atoms with Crippen LogP contribution in [-0.2, 0) is 24.1 Å². The maximum Gasteiger partial charge on any atom is 0.220 e. The number of nitrogens with zero attached hydrogens (tertiary/aromatic N) is 2. The fraction of sp³-hybridized carbons (Fsp3) is 0.857. The molecule has 1 N–H and O–H groups in total. The molecule has 0 spiro atoms. The summed E-state index contributed by atoms with van der Waals surface area (Å²) in [6, 6.07) is 0.936. The Balaban J connectivity index is 1.11. The average Bonchev–Trinajstić information content (AvgIpc) is 3.16. The molecule has 0 radical (unpaired) electrons. The van der Waals surface area contributed by atoms with Crippen molar-refractivity contribution in [1.29, 1.82) is 0 Å². The molecule has 4 heteroatoms. The number of aryl methyl sites for hydroxylation is 1. The standard InChI is InChI=1S/C28H43N3O/c1-19(28-16-20-13-21(17-28)15-22(14-20)18-28)29-27(32)12-11-25-24-9-5-6-10-26(24)31(30-25)23-7-3-2-4-8-23/h19-23H,2-18H2,1H3,(H,29,32). The number of hydrogen-bond acceptors (Lipinski definition) is 2. The zero-order valence-electron chi connectivity index (χ0n) is 20.2. The Labute approximate surface area is 194 Å². The van der Waals surface area contributed by atoms with Gasteiger partial charge in [-0.3, -0.25) is 9.48 Å². The lowest BCUT2D eigenvalue weighted by molar-refractivity contribution is -0.125. The van der Waals surface area contributed by atoms with E-state index in [1.165, 1.54) is 113 Å². The molecule has 1 heterocycles. The van der Waals surface area contributed by atoms with E-state index >= 15 is 0 Å². The van der Waals surface area contributed by atoms with Crippen LogP contribution in [0.1, 0.15) is 120 Å². The van der Waals surface area contributed by atoms with Gasteiger partial charge < -0.3 is 5.32 Å². The van der Waals surface area contributed by atoms with Gasteiger partial charge in [0.15, 0.2) is 0 Å². The topological polar surface area (TPSA) is 46.9 Å². The second-order valence-corrected chi connectivity index (χ2v) is 12.4. The van der Waals surface area contributed by atoms with Crippen molar-refractivity contribution in [1.82, 2.24) is 15.1 Å². The first-order valence-electron chi connectivity index (χ1n) is 14.0. The maximum atomic E-state index is 13.1. The van der Waals surface area contributed by atoms with Crippen molar-refractivity contribution >= 4 is 5.91 Å². The third-order valence-electron chi connectivity index (χ3n) is 10.2. The van der Waals surface area contributed by atoms with Crippen LogP contribution in [0.2, 0.25) is 0 Å². The largest absolute Gasteiger partial charge is 0.353 e. The van der Waals surface area contributed by atoms with Crippen molar-refractivity contribution in [3.8, 4) is 0 Å². The fourth-order valence-electron chi connectivity index (χ4n) is 8.94. The van der Waals surface area contributed by atoms with Crippen LogP contribution >= 0.6 is 0 Å². The van der Waals surface area contributed by atoms with Gasteiger partial charge in [0.2, 0.25) is 5.91 Å². The smallest absolute Gasteiger partial charge is 0.220 e. The number of aromatic nitrogens is 2. The summed E-state index contributed by atoms with van der Waals surface area (Å²) in [6.45, 7) is 2.31. The van der Waals surface area contributed by atoms with E-state index in [1.54, 1.807) is 0 Å². The summed E-state index contributed by atoms with van der Waals surface area (Å²) in [7, 11) is 0. The van der Waals surface area contributed by atoms with Crippen LogP contribution in [0.25, 0.3) is 0 Å². The Hall–Kier alpha value is -1.32. The van der Waals surface area contributed by atoms with E-state index in [9.17, 15) is 4.79 Å². The highest BCUT2D eigenvalue weighted by molar-refractivity contribution is 5.76. The third-order valence-corrected chi connectivity index (χ3v) is 10.2. The Morgan fingerprint density at radius 2 is 1.66 bits per heavy atom. The highest BCUT2D eigenvalue weighted by Gasteiger charge is 2.53. The summed E-state index contributed by atoms with van der Waals surface area (Å²) in [5, 5.41) is 8.64. The number of rotatable bonds is 6. The second kappa shape index (κ2) is 8.47. The fourth-order valence-corrected chi connectivity index (χ4v) is 8.94. The summed E-state index contributed by atoms with van der Waals surface area (Å²) in [4.78, 5) is 13.1. The summed E-state index contributed by atoms with van der Waals surface area (Å²) < 4.78 is 2.42. The summed E-state index contributed by atoms with van der Waals surface area (Å²) >= 11 is 0. The van der Waals surface area contributed by atoms with Gasteiger partial charge in [-0.25, -0.2) is 0 Å². The molecular weight excluding hydrogens is 394 g/mol. The van der Waals surface area contributed by atoms with Gasteiger partial charge in [-0.2, -0.15) is 5.10 Å². The van der Waals surface area contributed by atoms with Gasteiger partial charge >= 0.3 is 0 Å². The zero-order valence-corrected chi connectivity index (χ0v) is 20.2. The van der Waals surface area contributed by atoms with Crippen molar-refractivity contribution in [2.24, 2.45) is 23.2 Å². The van der Waals surface area contributed by atoms with Crippen LogP contribution in [0.3, 0.4) is 0 Å². The molecular formula is C28H43N3O. The molecule has 1 atom stereocenters. The molecule has 7 rings (SSSR count). The van der Waals surface area contributed by atoms with Crippen LogP contribution < -0.4 is 5.32 Å². The van der Waals surface area contributed by atoms with Crippen LogP contribution in [0.15, 0.2) is 0 Å². The predicted octanol–water partition coefficient (Wildman–Crippen LogP) is 5.92. The quantitative estimate of drug-likeness (QED) is 0.600. The van der Waals surface area contributed by atoms with Gasteiger partial charge in [-0.1, -0.05) is 19.3 Å².